The second-order valence-electron chi connectivity index (χ2n) is 8.19. The smallest absolute Gasteiger partial charge is 0.245 e. The minimum atomic E-state index is -1.02. The van der Waals surface area contributed by atoms with Gasteiger partial charge >= 0.3 is 0 Å². The summed E-state index contributed by atoms with van der Waals surface area (Å²) >= 11 is 0. The number of aryl methyl sites for hydroxylation is 1. The van der Waals surface area contributed by atoms with Gasteiger partial charge in [0.25, 0.3) is 0 Å². The van der Waals surface area contributed by atoms with Gasteiger partial charge in [0.05, 0.1) is 6.42 Å². The van der Waals surface area contributed by atoms with Crippen LogP contribution in [0, 0.1) is 0 Å². The Bertz CT molecular complexity index is 974. The van der Waals surface area contributed by atoms with Crippen molar-refractivity contribution >= 4 is 17.7 Å². The van der Waals surface area contributed by atoms with Crippen LogP contribution in [0.25, 0.3) is 0 Å². The Morgan fingerprint density at radius 1 is 1.00 bits per heavy atom. The number of carbonyl (C=O) groups excluding carboxylic acids is 3. The van der Waals surface area contributed by atoms with Gasteiger partial charge in [-0.3, -0.25) is 19.3 Å². The summed E-state index contributed by atoms with van der Waals surface area (Å²) in [6.45, 7) is 3.18. The zero-order chi connectivity index (χ0) is 23.8. The lowest BCUT2D eigenvalue weighted by Crippen LogP contribution is -2.55. The van der Waals surface area contributed by atoms with Crippen LogP contribution in [-0.2, 0) is 27.3 Å². The summed E-state index contributed by atoms with van der Waals surface area (Å²) < 4.78 is 0. The van der Waals surface area contributed by atoms with Crippen molar-refractivity contribution in [2.75, 3.05) is 26.2 Å². The van der Waals surface area contributed by atoms with Crippen LogP contribution in [0.4, 0.5) is 0 Å². The topological polar surface area (TPSA) is 136 Å². The molecule has 3 amide bonds. The Labute approximate surface area is 192 Å². The van der Waals surface area contributed by atoms with Gasteiger partial charge in [-0.1, -0.05) is 36.4 Å². The van der Waals surface area contributed by atoms with Crippen molar-refractivity contribution in [2.45, 2.75) is 31.8 Å². The lowest BCUT2D eigenvalue weighted by molar-refractivity contribution is -0.139. The number of piperazine rings is 1. The van der Waals surface area contributed by atoms with E-state index in [9.17, 15) is 24.6 Å². The van der Waals surface area contributed by atoms with Gasteiger partial charge in [-0.15, -0.1) is 0 Å². The Balaban J connectivity index is 1.52. The van der Waals surface area contributed by atoms with Gasteiger partial charge in [0.15, 0.2) is 0 Å². The molecule has 1 atom stereocenters. The Morgan fingerprint density at radius 2 is 1.70 bits per heavy atom. The van der Waals surface area contributed by atoms with E-state index in [4.69, 9.17) is 5.73 Å². The summed E-state index contributed by atoms with van der Waals surface area (Å²) in [5.74, 6) is -1.61. The minimum absolute atomic E-state index is 0.00569. The number of aromatic hydroxyl groups is 2. The van der Waals surface area contributed by atoms with Crippen molar-refractivity contribution < 1.29 is 24.6 Å². The van der Waals surface area contributed by atoms with Crippen molar-refractivity contribution in [3.63, 3.8) is 0 Å². The molecule has 1 aliphatic heterocycles. The number of benzene rings is 2. The monoisotopic (exact) mass is 454 g/mol. The highest BCUT2D eigenvalue weighted by Crippen LogP contribution is 2.23. The number of hydrogen-bond donors (Lipinski definition) is 4. The predicted octanol–water partition coefficient (Wildman–Crippen LogP) is 0.735. The van der Waals surface area contributed by atoms with Crippen molar-refractivity contribution in [1.29, 1.82) is 0 Å². The number of nitrogens with two attached hydrogens (primary N) is 1. The summed E-state index contributed by atoms with van der Waals surface area (Å²) in [7, 11) is 0. The maximum atomic E-state index is 13.0. The molecule has 0 spiro atoms. The maximum Gasteiger partial charge on any atom is 0.245 e. The van der Waals surface area contributed by atoms with Gasteiger partial charge < -0.3 is 26.2 Å². The molecule has 0 aromatic heterocycles. The number of nitrogens with zero attached hydrogens (tertiary/aromatic N) is 2. The van der Waals surface area contributed by atoms with E-state index in [1.165, 1.54) is 23.8 Å². The molecule has 9 heteroatoms. The number of phenols is 2. The zero-order valence-electron chi connectivity index (χ0n) is 18.4. The maximum absolute atomic E-state index is 13.0. The third kappa shape index (κ3) is 7.21. The van der Waals surface area contributed by atoms with Crippen LogP contribution < -0.4 is 11.1 Å². The van der Waals surface area contributed by atoms with Crippen LogP contribution >= 0.6 is 0 Å². The van der Waals surface area contributed by atoms with Gasteiger partial charge in [0.1, 0.15) is 17.5 Å². The van der Waals surface area contributed by atoms with Crippen molar-refractivity contribution in [3.05, 3.63) is 59.7 Å². The number of amides is 3. The van der Waals surface area contributed by atoms with Gasteiger partial charge in [-0.2, -0.15) is 0 Å². The second kappa shape index (κ2) is 11.3. The molecule has 0 unspecified atom stereocenters. The predicted molar refractivity (Wildman–Crippen MR) is 122 cm³/mol. The number of hydrogen-bond acceptors (Lipinski definition) is 6. The van der Waals surface area contributed by atoms with Crippen LogP contribution in [0.15, 0.2) is 48.5 Å². The molecule has 5 N–H and O–H groups in total. The van der Waals surface area contributed by atoms with Crippen molar-refractivity contribution in [1.82, 2.24) is 15.1 Å². The molecule has 3 rings (SSSR count). The summed E-state index contributed by atoms with van der Waals surface area (Å²) in [6, 6.07) is 13.2. The number of nitrogens with one attached hydrogen (secondary N) is 1. The highest BCUT2D eigenvalue weighted by molar-refractivity contribution is 5.91. The van der Waals surface area contributed by atoms with Gasteiger partial charge in [-0.25, -0.2) is 0 Å². The average molecular weight is 455 g/mol. The quantitative estimate of drug-likeness (QED) is 0.441. The molecule has 9 nitrogen and oxygen atoms in total. The van der Waals surface area contributed by atoms with Crippen LogP contribution in [0.1, 0.15) is 24.0 Å². The van der Waals surface area contributed by atoms with E-state index >= 15 is 0 Å². The van der Waals surface area contributed by atoms with E-state index < -0.39 is 17.9 Å². The largest absolute Gasteiger partial charge is 0.508 e. The molecule has 1 fully saturated rings. The fourth-order valence-corrected chi connectivity index (χ4v) is 3.87. The van der Waals surface area contributed by atoms with E-state index in [0.29, 0.717) is 31.7 Å². The Kier molecular flexibility index (Phi) is 8.26. The fourth-order valence-electron chi connectivity index (χ4n) is 3.87. The van der Waals surface area contributed by atoms with E-state index in [1.54, 1.807) is 4.90 Å². The highest BCUT2D eigenvalue weighted by atomic mass is 16.3. The summed E-state index contributed by atoms with van der Waals surface area (Å²) in [6.07, 6.45) is -0.0570. The zero-order valence-corrected chi connectivity index (χ0v) is 18.4. The summed E-state index contributed by atoms with van der Waals surface area (Å²) in [5.41, 5.74) is 7.02. The van der Waals surface area contributed by atoms with Crippen molar-refractivity contribution in [3.8, 4) is 11.5 Å². The molecule has 33 heavy (non-hydrogen) atoms. The molecule has 176 valence electrons. The molecule has 0 aliphatic carbocycles. The number of carbonyl (C=O) groups is 3. The number of primary amides is 1. The molecule has 0 saturated carbocycles. The number of rotatable bonds is 9. The lowest BCUT2D eigenvalue weighted by atomic mass is 10.1. The first-order valence-electron chi connectivity index (χ1n) is 11.0. The standard InChI is InChI=1S/C24H30N4O5/c25-22(31)15-20(26-23(32)9-7-18-6-8-19(29)14-21(18)30)24(33)28-12-10-27(11-13-28)16-17-4-2-1-3-5-17/h1-6,8,14,20,29-30H,7,9-13,15-16H2,(H2,25,31)(H,26,32)/t20-/m0/s1. The summed E-state index contributed by atoms with van der Waals surface area (Å²) in [4.78, 5) is 40.9. The molecule has 1 aliphatic rings. The van der Waals surface area contributed by atoms with E-state index in [-0.39, 0.29) is 36.7 Å². The molecule has 1 heterocycles. The normalized spacial score (nSPS) is 15.1. The first-order chi connectivity index (χ1) is 15.8. The van der Waals surface area contributed by atoms with Gasteiger partial charge in [-0.05, 0) is 23.6 Å². The molecule has 0 radical (unpaired) electrons. The molecular weight excluding hydrogens is 424 g/mol. The van der Waals surface area contributed by atoms with E-state index in [1.807, 2.05) is 18.2 Å². The summed E-state index contributed by atoms with van der Waals surface area (Å²) in [5, 5.41) is 21.8. The first-order valence-corrected chi connectivity index (χ1v) is 11.0. The third-order valence-corrected chi connectivity index (χ3v) is 5.66. The Hall–Kier alpha value is -3.59. The molecular formula is C24H30N4O5. The Morgan fingerprint density at radius 3 is 2.33 bits per heavy atom. The van der Waals surface area contributed by atoms with E-state index in [0.717, 1.165) is 6.54 Å². The van der Waals surface area contributed by atoms with Crippen LogP contribution in [0.3, 0.4) is 0 Å². The number of phenolic OH excluding ortho intramolecular Hbond substituents is 2. The average Bonchev–Trinajstić information content (AvgIpc) is 2.78. The lowest BCUT2D eigenvalue weighted by Gasteiger charge is -2.36. The minimum Gasteiger partial charge on any atom is -0.508 e. The van der Waals surface area contributed by atoms with Gasteiger partial charge in [0.2, 0.25) is 17.7 Å². The second-order valence-corrected chi connectivity index (χ2v) is 8.19. The molecule has 2 aromatic rings. The van der Waals surface area contributed by atoms with Crippen LogP contribution in [0.5, 0.6) is 11.5 Å². The molecule has 2 aromatic carbocycles. The molecule has 1 saturated heterocycles. The first kappa shape index (κ1) is 24.1. The third-order valence-electron chi connectivity index (χ3n) is 5.66. The van der Waals surface area contributed by atoms with E-state index in [2.05, 4.69) is 22.3 Å². The van der Waals surface area contributed by atoms with Crippen LogP contribution in [-0.4, -0.2) is 70.0 Å². The SMILES string of the molecule is NC(=O)C[C@H](NC(=O)CCc1ccc(O)cc1O)C(=O)N1CCN(Cc2ccccc2)CC1. The van der Waals surface area contributed by atoms with Crippen molar-refractivity contribution in [2.24, 2.45) is 5.73 Å². The molecule has 0 bridgehead atoms. The van der Waals surface area contributed by atoms with Gasteiger partial charge in [0, 0.05) is 45.2 Å². The van der Waals surface area contributed by atoms with Crippen LogP contribution in [0.2, 0.25) is 0 Å². The highest BCUT2D eigenvalue weighted by Gasteiger charge is 2.29. The fraction of sp³-hybridized carbons (Fsp3) is 0.375.